The molecule has 0 bridgehead atoms. The van der Waals surface area contributed by atoms with Gasteiger partial charge in [-0.3, -0.25) is 10.2 Å². The van der Waals surface area contributed by atoms with E-state index in [2.05, 4.69) is 10.6 Å². The Hall–Kier alpha value is -2.82. The Morgan fingerprint density at radius 1 is 1.13 bits per heavy atom. The van der Waals surface area contributed by atoms with Gasteiger partial charge in [0.25, 0.3) is 5.91 Å². The van der Waals surface area contributed by atoms with Gasteiger partial charge in [-0.1, -0.05) is 60.6 Å². The Labute approximate surface area is 135 Å². The van der Waals surface area contributed by atoms with Crippen molar-refractivity contribution >= 4 is 11.7 Å². The van der Waals surface area contributed by atoms with Gasteiger partial charge in [-0.2, -0.15) is 0 Å². The average Bonchev–Trinajstić information content (AvgIpc) is 2.94. The molecule has 5 heteroatoms. The Morgan fingerprint density at radius 3 is 2.35 bits per heavy atom. The SMILES string of the molecule is CCC1(C)ON=C(c2ccccc2)N1NC(=O)c1ccccc1. The first-order valence-electron chi connectivity index (χ1n) is 7.62. The number of hydrazine groups is 1. The zero-order chi connectivity index (χ0) is 16.3. The molecule has 1 aliphatic rings. The van der Waals surface area contributed by atoms with Crippen molar-refractivity contribution in [2.45, 2.75) is 26.0 Å². The lowest BCUT2D eigenvalue weighted by molar-refractivity contribution is -0.0993. The van der Waals surface area contributed by atoms with E-state index in [1.807, 2.05) is 62.4 Å². The smallest absolute Gasteiger partial charge is 0.269 e. The van der Waals surface area contributed by atoms with Gasteiger partial charge < -0.3 is 4.84 Å². The van der Waals surface area contributed by atoms with Gasteiger partial charge in [-0.25, -0.2) is 5.01 Å². The van der Waals surface area contributed by atoms with Crippen LogP contribution < -0.4 is 5.43 Å². The molecule has 1 heterocycles. The number of rotatable bonds is 4. The summed E-state index contributed by atoms with van der Waals surface area (Å²) in [4.78, 5) is 18.1. The predicted molar refractivity (Wildman–Crippen MR) is 88.5 cm³/mol. The minimum absolute atomic E-state index is 0.195. The third kappa shape index (κ3) is 2.90. The third-order valence-corrected chi connectivity index (χ3v) is 3.95. The van der Waals surface area contributed by atoms with Gasteiger partial charge in [-0.05, 0) is 19.1 Å². The topological polar surface area (TPSA) is 53.9 Å². The van der Waals surface area contributed by atoms with Crippen molar-refractivity contribution in [3.05, 3.63) is 71.8 Å². The van der Waals surface area contributed by atoms with Crippen molar-refractivity contribution in [2.75, 3.05) is 0 Å². The van der Waals surface area contributed by atoms with Crippen LogP contribution in [0.3, 0.4) is 0 Å². The summed E-state index contributed by atoms with van der Waals surface area (Å²) in [5.41, 5.74) is 3.69. The summed E-state index contributed by atoms with van der Waals surface area (Å²) in [5, 5.41) is 5.89. The molecule has 1 atom stereocenters. The van der Waals surface area contributed by atoms with E-state index >= 15 is 0 Å². The number of hydrogen-bond donors (Lipinski definition) is 1. The first-order chi connectivity index (χ1) is 11.1. The fourth-order valence-electron chi connectivity index (χ4n) is 2.37. The summed E-state index contributed by atoms with van der Waals surface area (Å²) < 4.78 is 0. The van der Waals surface area contributed by atoms with E-state index in [0.717, 1.165) is 5.56 Å². The zero-order valence-corrected chi connectivity index (χ0v) is 13.2. The fraction of sp³-hybridized carbons (Fsp3) is 0.222. The van der Waals surface area contributed by atoms with Crippen molar-refractivity contribution in [1.82, 2.24) is 10.4 Å². The molecule has 3 rings (SSSR count). The van der Waals surface area contributed by atoms with Crippen LogP contribution in [-0.4, -0.2) is 22.5 Å². The maximum absolute atomic E-state index is 12.5. The van der Waals surface area contributed by atoms with Gasteiger partial charge in [0.15, 0.2) is 5.84 Å². The van der Waals surface area contributed by atoms with Crippen LogP contribution in [0, 0.1) is 0 Å². The molecule has 0 aliphatic carbocycles. The number of nitrogens with one attached hydrogen (secondary N) is 1. The molecular formula is C18H19N3O2. The Morgan fingerprint density at radius 2 is 1.74 bits per heavy atom. The second kappa shape index (κ2) is 6.12. The lowest BCUT2D eigenvalue weighted by atomic mass is 10.1. The number of amides is 1. The number of oxime groups is 1. The van der Waals surface area contributed by atoms with Crippen molar-refractivity contribution in [2.24, 2.45) is 5.16 Å². The van der Waals surface area contributed by atoms with Crippen LogP contribution in [0.15, 0.2) is 65.8 Å². The Balaban J connectivity index is 1.89. The minimum Gasteiger partial charge on any atom is -0.364 e. The van der Waals surface area contributed by atoms with Crippen LogP contribution >= 0.6 is 0 Å². The van der Waals surface area contributed by atoms with E-state index < -0.39 is 5.72 Å². The lowest BCUT2D eigenvalue weighted by Crippen LogP contribution is -2.55. The van der Waals surface area contributed by atoms with Crippen molar-refractivity contribution in [3.63, 3.8) is 0 Å². The monoisotopic (exact) mass is 309 g/mol. The number of hydrogen-bond acceptors (Lipinski definition) is 4. The number of benzene rings is 2. The van der Waals surface area contributed by atoms with Crippen LogP contribution in [0.2, 0.25) is 0 Å². The molecule has 1 unspecified atom stereocenters. The van der Waals surface area contributed by atoms with Gasteiger partial charge in [0.1, 0.15) is 0 Å². The van der Waals surface area contributed by atoms with E-state index in [1.54, 1.807) is 17.1 Å². The number of carbonyl (C=O) groups is 1. The second-order valence-corrected chi connectivity index (χ2v) is 5.54. The summed E-state index contributed by atoms with van der Waals surface area (Å²) in [7, 11) is 0. The fourth-order valence-corrected chi connectivity index (χ4v) is 2.37. The summed E-state index contributed by atoms with van der Waals surface area (Å²) >= 11 is 0. The van der Waals surface area contributed by atoms with E-state index in [0.29, 0.717) is 17.8 Å². The number of carbonyl (C=O) groups excluding carboxylic acids is 1. The van der Waals surface area contributed by atoms with Gasteiger partial charge >= 0.3 is 0 Å². The molecule has 1 amide bonds. The zero-order valence-electron chi connectivity index (χ0n) is 13.2. The highest BCUT2D eigenvalue weighted by Crippen LogP contribution is 2.28. The maximum atomic E-state index is 12.5. The van der Waals surface area contributed by atoms with Crippen LogP contribution in [0.4, 0.5) is 0 Å². The Bertz CT molecular complexity index is 716. The molecule has 1 aliphatic heterocycles. The van der Waals surface area contributed by atoms with E-state index in [4.69, 9.17) is 4.84 Å². The molecule has 0 saturated heterocycles. The molecule has 0 radical (unpaired) electrons. The van der Waals surface area contributed by atoms with E-state index in [1.165, 1.54) is 0 Å². The van der Waals surface area contributed by atoms with Crippen molar-refractivity contribution in [3.8, 4) is 0 Å². The molecular weight excluding hydrogens is 290 g/mol. The molecule has 0 spiro atoms. The van der Waals surface area contributed by atoms with Gasteiger partial charge in [0, 0.05) is 17.5 Å². The lowest BCUT2D eigenvalue weighted by Gasteiger charge is -2.33. The maximum Gasteiger partial charge on any atom is 0.269 e. The normalized spacial score (nSPS) is 19.9. The van der Waals surface area contributed by atoms with Crippen LogP contribution in [-0.2, 0) is 4.84 Å². The van der Waals surface area contributed by atoms with Crippen LogP contribution in [0.5, 0.6) is 0 Å². The van der Waals surface area contributed by atoms with Crippen molar-refractivity contribution < 1.29 is 9.63 Å². The first-order valence-corrected chi connectivity index (χ1v) is 7.62. The highest BCUT2D eigenvalue weighted by Gasteiger charge is 2.42. The van der Waals surface area contributed by atoms with Gasteiger partial charge in [-0.15, -0.1) is 0 Å². The quantitative estimate of drug-likeness (QED) is 0.944. The molecule has 118 valence electrons. The largest absolute Gasteiger partial charge is 0.364 e. The van der Waals surface area contributed by atoms with E-state index in [-0.39, 0.29) is 5.91 Å². The van der Waals surface area contributed by atoms with Crippen molar-refractivity contribution in [1.29, 1.82) is 0 Å². The van der Waals surface area contributed by atoms with Crippen LogP contribution in [0.1, 0.15) is 36.2 Å². The standard InChI is InChI=1S/C18H19N3O2/c1-3-18(2)21(19-17(22)15-12-8-5-9-13-15)16(20-23-18)14-10-6-4-7-11-14/h4-13H,3H2,1-2H3,(H,19,22). The molecule has 0 aromatic heterocycles. The minimum atomic E-state index is -0.713. The second-order valence-electron chi connectivity index (χ2n) is 5.54. The summed E-state index contributed by atoms with van der Waals surface area (Å²) in [5.74, 6) is 0.402. The molecule has 23 heavy (non-hydrogen) atoms. The Kier molecular flexibility index (Phi) is 4.02. The average molecular weight is 309 g/mol. The number of nitrogens with zero attached hydrogens (tertiary/aromatic N) is 2. The summed E-state index contributed by atoms with van der Waals surface area (Å²) in [6.07, 6.45) is 0.669. The van der Waals surface area contributed by atoms with Gasteiger partial charge in [0.2, 0.25) is 5.72 Å². The molecule has 1 N–H and O–H groups in total. The van der Waals surface area contributed by atoms with Gasteiger partial charge in [0.05, 0.1) is 0 Å². The van der Waals surface area contributed by atoms with E-state index in [9.17, 15) is 4.79 Å². The first kappa shape index (κ1) is 15.1. The highest BCUT2D eigenvalue weighted by molar-refractivity contribution is 6.02. The summed E-state index contributed by atoms with van der Waals surface area (Å²) in [6, 6.07) is 18.8. The summed E-state index contributed by atoms with van der Waals surface area (Å²) in [6.45, 7) is 3.89. The van der Waals surface area contributed by atoms with Crippen LogP contribution in [0.25, 0.3) is 0 Å². The highest BCUT2D eigenvalue weighted by atomic mass is 16.7. The molecule has 0 saturated carbocycles. The number of amidine groups is 1. The third-order valence-electron chi connectivity index (χ3n) is 3.95. The molecule has 0 fully saturated rings. The molecule has 2 aromatic rings. The molecule has 5 nitrogen and oxygen atoms in total. The molecule has 2 aromatic carbocycles. The predicted octanol–water partition coefficient (Wildman–Crippen LogP) is 3.15.